The second-order valence-electron chi connectivity index (χ2n) is 6.05. The highest BCUT2D eigenvalue weighted by atomic mass is 35.5. The van der Waals surface area contributed by atoms with Crippen LogP contribution >= 0.6 is 11.6 Å². The number of carbonyl (C=O) groups excluding carboxylic acids is 1. The number of urea groups is 1. The molecule has 1 aromatic heterocycles. The summed E-state index contributed by atoms with van der Waals surface area (Å²) in [5.41, 5.74) is -5.16. The van der Waals surface area contributed by atoms with Crippen molar-refractivity contribution in [1.82, 2.24) is 14.2 Å². The zero-order valence-corrected chi connectivity index (χ0v) is 15.5. The van der Waals surface area contributed by atoms with E-state index in [4.69, 9.17) is 16.4 Å². The van der Waals surface area contributed by atoms with Gasteiger partial charge >= 0.3 is 17.9 Å². The van der Waals surface area contributed by atoms with E-state index >= 15 is 0 Å². The van der Waals surface area contributed by atoms with Gasteiger partial charge in [0.25, 0.3) is 5.56 Å². The van der Waals surface area contributed by atoms with Gasteiger partial charge in [0.1, 0.15) is 11.5 Å². The average Bonchev–Trinajstić information content (AvgIpc) is 3.15. The van der Waals surface area contributed by atoms with Gasteiger partial charge in [0.15, 0.2) is 0 Å². The van der Waals surface area contributed by atoms with Crippen molar-refractivity contribution in [2.45, 2.75) is 12.6 Å². The van der Waals surface area contributed by atoms with Crippen LogP contribution in [0.1, 0.15) is 12.1 Å². The van der Waals surface area contributed by atoms with E-state index in [0.717, 1.165) is 24.2 Å². The van der Waals surface area contributed by atoms with Crippen molar-refractivity contribution in [3.05, 3.63) is 55.6 Å². The third-order valence-corrected chi connectivity index (χ3v) is 4.42. The Balaban J connectivity index is 2.10. The van der Waals surface area contributed by atoms with Crippen LogP contribution < -0.4 is 16.6 Å². The van der Waals surface area contributed by atoms with Crippen molar-refractivity contribution in [3.63, 3.8) is 0 Å². The molecule has 0 bridgehead atoms. The van der Waals surface area contributed by atoms with Gasteiger partial charge in [-0.1, -0.05) is 11.6 Å². The number of hydrogen-bond acceptors (Lipinski definition) is 4. The fourth-order valence-electron chi connectivity index (χ4n) is 2.71. The van der Waals surface area contributed by atoms with E-state index in [1.165, 1.54) is 0 Å². The van der Waals surface area contributed by atoms with Crippen molar-refractivity contribution in [1.29, 1.82) is 0 Å². The molecule has 0 spiro atoms. The van der Waals surface area contributed by atoms with Gasteiger partial charge in [-0.25, -0.2) is 23.6 Å². The number of rotatable bonds is 2. The number of alkyl halides is 3. The first-order valence-electron chi connectivity index (χ1n) is 8.12. The molecule has 1 aliphatic heterocycles. The molecule has 13 heteroatoms. The quantitative estimate of drug-likeness (QED) is 0.733. The summed E-state index contributed by atoms with van der Waals surface area (Å²) in [6.45, 7) is 0.628. The van der Waals surface area contributed by atoms with E-state index in [1.54, 1.807) is 0 Å². The fraction of sp³-hybridized carbons (Fsp3) is 0.312. The number of halogens is 5. The van der Waals surface area contributed by atoms with Gasteiger partial charge in [-0.05, 0) is 18.6 Å². The van der Waals surface area contributed by atoms with E-state index in [9.17, 15) is 31.9 Å². The Kier molecular flexibility index (Phi) is 5.41. The molecule has 0 unspecified atom stereocenters. The Labute approximate surface area is 164 Å². The van der Waals surface area contributed by atoms with Crippen LogP contribution in [0.4, 0.5) is 28.0 Å². The monoisotopic (exact) mass is 436 g/mol. The molecule has 156 valence electrons. The molecular weight excluding hydrogens is 424 g/mol. The number of amides is 2. The van der Waals surface area contributed by atoms with Gasteiger partial charge in [0.05, 0.1) is 29.5 Å². The Morgan fingerprint density at radius 3 is 2.52 bits per heavy atom. The second-order valence-corrected chi connectivity index (χ2v) is 6.45. The molecule has 1 N–H and O–H groups in total. The summed E-state index contributed by atoms with van der Waals surface area (Å²) < 4.78 is 53.7. The number of hydrogen-bond donors (Lipinski definition) is 1. The van der Waals surface area contributed by atoms with Crippen LogP contribution in [0, 0.1) is 5.82 Å². The fourth-order valence-corrected chi connectivity index (χ4v) is 2.91. The van der Waals surface area contributed by atoms with Gasteiger partial charge in [-0.3, -0.25) is 14.2 Å². The number of benzene rings is 1. The normalized spacial score (nSPS) is 14.3. The average molecular weight is 437 g/mol. The predicted octanol–water partition coefficient (Wildman–Crippen LogP) is 2.52. The molecule has 2 heterocycles. The molecule has 8 nitrogen and oxygen atoms in total. The number of nitrogens with zero attached hydrogens (tertiary/aromatic N) is 3. The number of aromatic nitrogens is 2. The molecule has 2 amide bonds. The lowest BCUT2D eigenvalue weighted by molar-refractivity contribution is -0.144. The number of hydroxylamine groups is 2. The third kappa shape index (κ3) is 3.98. The van der Waals surface area contributed by atoms with E-state index in [0.29, 0.717) is 19.6 Å². The number of carbonyl (C=O) groups is 1. The highest BCUT2D eigenvalue weighted by Crippen LogP contribution is 2.29. The SMILES string of the molecule is Cn1c(C(F)(F)F)cc(=O)n(-c2cc(NC(=O)N3CCCO3)c(Cl)cc2F)c1=O. The van der Waals surface area contributed by atoms with Crippen molar-refractivity contribution in [3.8, 4) is 5.69 Å². The molecule has 1 aromatic carbocycles. The smallest absolute Gasteiger partial charge is 0.305 e. The van der Waals surface area contributed by atoms with E-state index in [1.807, 2.05) is 0 Å². The van der Waals surface area contributed by atoms with E-state index in [2.05, 4.69) is 5.32 Å². The van der Waals surface area contributed by atoms with Crippen LogP contribution in [-0.2, 0) is 18.1 Å². The highest BCUT2D eigenvalue weighted by molar-refractivity contribution is 6.33. The third-order valence-electron chi connectivity index (χ3n) is 4.11. The molecule has 1 saturated heterocycles. The standard InChI is InChI=1S/C16H13ClF4N4O4/c1-23-12(16(19,20)21)7-13(26)25(15(23)28)11-6-10(8(17)5-9(11)18)22-14(27)24-3-2-4-29-24/h5-7H,2-4H2,1H3,(H,22,27). The minimum Gasteiger partial charge on any atom is -0.305 e. The van der Waals surface area contributed by atoms with Gasteiger partial charge < -0.3 is 5.32 Å². The second kappa shape index (κ2) is 7.52. The summed E-state index contributed by atoms with van der Waals surface area (Å²) in [7, 11) is 0.794. The Hall–Kier alpha value is -2.86. The molecule has 0 radical (unpaired) electrons. The van der Waals surface area contributed by atoms with Crippen LogP contribution in [0.5, 0.6) is 0 Å². The molecule has 0 aliphatic carbocycles. The van der Waals surface area contributed by atoms with Crippen molar-refractivity contribution in [2.24, 2.45) is 7.05 Å². The van der Waals surface area contributed by atoms with Crippen LogP contribution in [0.15, 0.2) is 27.8 Å². The zero-order valence-electron chi connectivity index (χ0n) is 14.7. The molecule has 3 rings (SSSR count). The lowest BCUT2D eigenvalue weighted by atomic mass is 10.2. The Morgan fingerprint density at radius 1 is 1.24 bits per heavy atom. The van der Waals surface area contributed by atoms with Gasteiger partial charge in [0, 0.05) is 13.1 Å². The largest absolute Gasteiger partial charge is 0.431 e. The van der Waals surface area contributed by atoms with E-state index < -0.39 is 40.7 Å². The maximum atomic E-state index is 14.4. The van der Waals surface area contributed by atoms with Crippen LogP contribution in [0.2, 0.25) is 5.02 Å². The molecule has 29 heavy (non-hydrogen) atoms. The van der Waals surface area contributed by atoms with Gasteiger partial charge in [0.2, 0.25) is 0 Å². The Morgan fingerprint density at radius 2 is 1.93 bits per heavy atom. The summed E-state index contributed by atoms with van der Waals surface area (Å²) in [4.78, 5) is 41.7. The lowest BCUT2D eigenvalue weighted by Crippen LogP contribution is -2.41. The van der Waals surface area contributed by atoms with Crippen LogP contribution in [-0.4, -0.2) is 33.4 Å². The summed E-state index contributed by atoms with van der Waals surface area (Å²) in [6.07, 6.45) is -4.35. The first kappa shape index (κ1) is 20.9. The maximum Gasteiger partial charge on any atom is 0.431 e. The summed E-state index contributed by atoms with van der Waals surface area (Å²) in [5, 5.41) is 3.09. The molecular formula is C16H13ClF4N4O4. The van der Waals surface area contributed by atoms with Gasteiger partial charge in [-0.15, -0.1) is 0 Å². The number of anilines is 1. The molecule has 2 aromatic rings. The van der Waals surface area contributed by atoms with Crippen molar-refractivity contribution < 1.29 is 27.2 Å². The first-order valence-corrected chi connectivity index (χ1v) is 8.49. The van der Waals surface area contributed by atoms with Gasteiger partial charge in [-0.2, -0.15) is 13.2 Å². The summed E-state index contributed by atoms with van der Waals surface area (Å²) >= 11 is 5.90. The maximum absolute atomic E-state index is 14.4. The molecule has 1 aliphatic rings. The lowest BCUT2D eigenvalue weighted by Gasteiger charge is -2.17. The van der Waals surface area contributed by atoms with E-state index in [-0.39, 0.29) is 25.9 Å². The Bertz CT molecular complexity index is 1090. The van der Waals surface area contributed by atoms with Crippen molar-refractivity contribution in [2.75, 3.05) is 18.5 Å². The molecule has 0 atom stereocenters. The van der Waals surface area contributed by atoms with Crippen molar-refractivity contribution >= 4 is 23.3 Å². The highest BCUT2D eigenvalue weighted by Gasteiger charge is 2.35. The van der Waals surface area contributed by atoms with Crippen LogP contribution in [0.3, 0.4) is 0 Å². The zero-order chi connectivity index (χ0) is 21.5. The molecule has 0 saturated carbocycles. The first-order chi connectivity index (χ1) is 13.5. The summed E-state index contributed by atoms with van der Waals surface area (Å²) in [6, 6.07) is 1.04. The topological polar surface area (TPSA) is 85.6 Å². The predicted molar refractivity (Wildman–Crippen MR) is 93.5 cm³/mol. The minimum absolute atomic E-state index is 0.169. The molecule has 1 fully saturated rings. The minimum atomic E-state index is -4.96. The van der Waals surface area contributed by atoms with Crippen LogP contribution in [0.25, 0.3) is 5.69 Å². The number of nitrogens with one attached hydrogen (secondary N) is 1. The summed E-state index contributed by atoms with van der Waals surface area (Å²) in [5.74, 6) is -1.15.